The van der Waals surface area contributed by atoms with Gasteiger partial charge in [-0.05, 0) is 37.5 Å². The molecular formula is C12H19N3O2S. The van der Waals surface area contributed by atoms with Gasteiger partial charge >= 0.3 is 0 Å². The van der Waals surface area contributed by atoms with Crippen molar-refractivity contribution in [3.63, 3.8) is 0 Å². The summed E-state index contributed by atoms with van der Waals surface area (Å²) in [7, 11) is -3.29. The van der Waals surface area contributed by atoms with Gasteiger partial charge in [0.1, 0.15) is 0 Å². The average Bonchev–Trinajstić information content (AvgIpc) is 2.28. The summed E-state index contributed by atoms with van der Waals surface area (Å²) in [4.78, 5) is 2.20. The van der Waals surface area contributed by atoms with Crippen molar-refractivity contribution in [2.45, 2.75) is 19.3 Å². The van der Waals surface area contributed by atoms with Crippen molar-refractivity contribution in [2.75, 3.05) is 34.7 Å². The van der Waals surface area contributed by atoms with Crippen molar-refractivity contribution in [1.29, 1.82) is 0 Å². The van der Waals surface area contributed by atoms with Crippen molar-refractivity contribution < 1.29 is 8.42 Å². The summed E-state index contributed by atoms with van der Waals surface area (Å²) in [6.45, 7) is 1.92. The Labute approximate surface area is 108 Å². The van der Waals surface area contributed by atoms with Crippen LogP contribution in [0.4, 0.5) is 17.1 Å². The van der Waals surface area contributed by atoms with Gasteiger partial charge in [0.2, 0.25) is 10.0 Å². The number of nitrogen functional groups attached to an aromatic ring is 1. The van der Waals surface area contributed by atoms with E-state index in [0.717, 1.165) is 37.9 Å². The Hall–Kier alpha value is -1.43. The first kappa shape index (κ1) is 13.0. The Kier molecular flexibility index (Phi) is 3.65. The van der Waals surface area contributed by atoms with Gasteiger partial charge in [-0.3, -0.25) is 4.72 Å². The van der Waals surface area contributed by atoms with Gasteiger partial charge in [-0.25, -0.2) is 8.42 Å². The lowest BCUT2D eigenvalue weighted by Gasteiger charge is -2.30. The number of nitrogens with one attached hydrogen (secondary N) is 1. The van der Waals surface area contributed by atoms with E-state index in [0.29, 0.717) is 11.4 Å². The monoisotopic (exact) mass is 269 g/mol. The molecule has 1 aromatic carbocycles. The van der Waals surface area contributed by atoms with Gasteiger partial charge in [0.25, 0.3) is 0 Å². The number of piperidine rings is 1. The Balaban J connectivity index is 2.33. The van der Waals surface area contributed by atoms with E-state index >= 15 is 0 Å². The van der Waals surface area contributed by atoms with Gasteiger partial charge in [-0.2, -0.15) is 0 Å². The third-order valence-electron chi connectivity index (χ3n) is 3.01. The van der Waals surface area contributed by atoms with Crippen molar-refractivity contribution in [3.8, 4) is 0 Å². The third kappa shape index (κ3) is 3.29. The molecule has 3 N–H and O–H groups in total. The lowest BCUT2D eigenvalue weighted by Crippen LogP contribution is -2.30. The van der Waals surface area contributed by atoms with E-state index in [1.807, 2.05) is 6.07 Å². The van der Waals surface area contributed by atoms with Crippen LogP contribution < -0.4 is 15.4 Å². The normalized spacial score (nSPS) is 16.6. The molecule has 6 heteroatoms. The van der Waals surface area contributed by atoms with E-state index in [9.17, 15) is 8.42 Å². The maximum atomic E-state index is 11.4. The fourth-order valence-corrected chi connectivity index (χ4v) is 2.81. The molecule has 1 saturated heterocycles. The summed E-state index contributed by atoms with van der Waals surface area (Å²) in [5, 5.41) is 0. The predicted octanol–water partition coefficient (Wildman–Crippen LogP) is 1.63. The van der Waals surface area contributed by atoms with Gasteiger partial charge < -0.3 is 10.6 Å². The van der Waals surface area contributed by atoms with E-state index in [1.54, 1.807) is 12.1 Å². The molecule has 1 aliphatic rings. The van der Waals surface area contributed by atoms with Crippen molar-refractivity contribution in [2.24, 2.45) is 0 Å². The molecule has 1 fully saturated rings. The molecule has 0 atom stereocenters. The molecule has 0 bridgehead atoms. The summed E-state index contributed by atoms with van der Waals surface area (Å²) >= 11 is 0. The van der Waals surface area contributed by atoms with Crippen LogP contribution in [0.5, 0.6) is 0 Å². The van der Waals surface area contributed by atoms with E-state index in [4.69, 9.17) is 5.73 Å². The minimum Gasteiger partial charge on any atom is -0.399 e. The van der Waals surface area contributed by atoms with Gasteiger partial charge in [0, 0.05) is 18.8 Å². The van der Waals surface area contributed by atoms with E-state index < -0.39 is 10.0 Å². The maximum absolute atomic E-state index is 11.4. The Morgan fingerprint density at radius 1 is 1.22 bits per heavy atom. The lowest BCUT2D eigenvalue weighted by atomic mass is 10.1. The van der Waals surface area contributed by atoms with Gasteiger partial charge in [0.15, 0.2) is 0 Å². The fraction of sp³-hybridized carbons (Fsp3) is 0.500. The Morgan fingerprint density at radius 2 is 1.89 bits per heavy atom. The number of nitrogens with two attached hydrogens (primary N) is 1. The molecule has 1 aliphatic heterocycles. The molecule has 0 amide bonds. The molecule has 0 saturated carbocycles. The van der Waals surface area contributed by atoms with E-state index in [2.05, 4.69) is 9.62 Å². The lowest BCUT2D eigenvalue weighted by molar-refractivity contribution is 0.578. The SMILES string of the molecule is CS(=O)(=O)Nc1cc(N)ccc1N1CCCCC1. The van der Waals surface area contributed by atoms with Gasteiger partial charge in [-0.1, -0.05) is 0 Å². The minimum atomic E-state index is -3.29. The van der Waals surface area contributed by atoms with E-state index in [-0.39, 0.29) is 0 Å². The first-order valence-corrected chi connectivity index (χ1v) is 7.97. The van der Waals surface area contributed by atoms with Crippen LogP contribution in [0.15, 0.2) is 18.2 Å². The molecule has 0 unspecified atom stereocenters. The minimum absolute atomic E-state index is 0.557. The second kappa shape index (κ2) is 5.06. The van der Waals surface area contributed by atoms with Crippen LogP contribution in [0.25, 0.3) is 0 Å². The maximum Gasteiger partial charge on any atom is 0.229 e. The fourth-order valence-electron chi connectivity index (χ4n) is 2.25. The molecule has 2 rings (SSSR count). The molecule has 18 heavy (non-hydrogen) atoms. The number of hydrogen-bond acceptors (Lipinski definition) is 4. The van der Waals surface area contributed by atoms with Gasteiger partial charge in [0.05, 0.1) is 17.6 Å². The number of rotatable bonds is 3. The molecule has 5 nitrogen and oxygen atoms in total. The number of sulfonamides is 1. The summed E-state index contributed by atoms with van der Waals surface area (Å²) in [6.07, 6.45) is 4.67. The van der Waals surface area contributed by atoms with Crippen LogP contribution in [0, 0.1) is 0 Å². The number of nitrogens with zero attached hydrogens (tertiary/aromatic N) is 1. The molecule has 0 radical (unpaired) electrons. The Bertz CT molecular complexity index is 522. The van der Waals surface area contributed by atoms with Crippen LogP contribution in [0.1, 0.15) is 19.3 Å². The molecule has 1 aromatic rings. The van der Waals surface area contributed by atoms with Crippen LogP contribution in [0.2, 0.25) is 0 Å². The smallest absolute Gasteiger partial charge is 0.229 e. The molecule has 0 aliphatic carbocycles. The molecule has 1 heterocycles. The second-order valence-corrected chi connectivity index (χ2v) is 6.45. The number of hydrogen-bond donors (Lipinski definition) is 2. The van der Waals surface area contributed by atoms with Crippen LogP contribution in [0.3, 0.4) is 0 Å². The van der Waals surface area contributed by atoms with Crippen LogP contribution >= 0.6 is 0 Å². The zero-order valence-electron chi connectivity index (χ0n) is 10.5. The topological polar surface area (TPSA) is 75.4 Å². The molecule has 0 spiro atoms. The highest BCUT2D eigenvalue weighted by Gasteiger charge is 2.16. The highest BCUT2D eigenvalue weighted by molar-refractivity contribution is 7.92. The Morgan fingerprint density at radius 3 is 2.50 bits per heavy atom. The highest BCUT2D eigenvalue weighted by atomic mass is 32.2. The zero-order chi connectivity index (χ0) is 13.2. The molecule has 100 valence electrons. The van der Waals surface area contributed by atoms with Crippen molar-refractivity contribution >= 4 is 27.1 Å². The van der Waals surface area contributed by atoms with Crippen LogP contribution in [-0.2, 0) is 10.0 Å². The number of benzene rings is 1. The third-order valence-corrected chi connectivity index (χ3v) is 3.60. The number of anilines is 3. The summed E-state index contributed by atoms with van der Waals surface area (Å²) in [5.74, 6) is 0. The van der Waals surface area contributed by atoms with E-state index in [1.165, 1.54) is 6.42 Å². The average molecular weight is 269 g/mol. The molecular weight excluding hydrogens is 250 g/mol. The second-order valence-electron chi connectivity index (χ2n) is 4.70. The van der Waals surface area contributed by atoms with Gasteiger partial charge in [-0.15, -0.1) is 0 Å². The van der Waals surface area contributed by atoms with Crippen LogP contribution in [-0.4, -0.2) is 27.8 Å². The molecule has 0 aromatic heterocycles. The first-order chi connectivity index (χ1) is 8.46. The quantitative estimate of drug-likeness (QED) is 0.818. The van der Waals surface area contributed by atoms with Crippen molar-refractivity contribution in [1.82, 2.24) is 0 Å². The van der Waals surface area contributed by atoms with Crippen molar-refractivity contribution in [3.05, 3.63) is 18.2 Å². The summed E-state index contributed by atoms with van der Waals surface area (Å²) < 4.78 is 25.3. The summed E-state index contributed by atoms with van der Waals surface area (Å²) in [6, 6.07) is 5.36. The predicted molar refractivity (Wildman–Crippen MR) is 75.4 cm³/mol. The first-order valence-electron chi connectivity index (χ1n) is 6.08. The summed E-state index contributed by atoms with van der Waals surface area (Å²) in [5.41, 5.74) is 7.76. The highest BCUT2D eigenvalue weighted by Crippen LogP contribution is 2.30. The zero-order valence-corrected chi connectivity index (χ0v) is 11.3. The standard InChI is InChI=1S/C12H19N3O2S/c1-18(16,17)14-11-9-10(13)5-6-12(11)15-7-3-2-4-8-15/h5-6,9,14H,2-4,7-8,13H2,1H3. The largest absolute Gasteiger partial charge is 0.399 e.